The molecule has 0 bridgehead atoms. The number of thioether (sulfide) groups is 2. The molecular formula is C22H21NOS3. The topological polar surface area (TPSA) is 29.1 Å². The number of carbonyl (C=O) groups is 1. The van der Waals surface area contributed by atoms with Crippen LogP contribution in [0.4, 0.5) is 0 Å². The molecule has 138 valence electrons. The number of nitrogens with one attached hydrogen (secondary N) is 1. The quantitative estimate of drug-likeness (QED) is 0.547. The second-order valence-electron chi connectivity index (χ2n) is 6.38. The van der Waals surface area contributed by atoms with Gasteiger partial charge < -0.3 is 5.32 Å². The number of carbonyl (C=O) groups excluding carboxylic acids is 1. The van der Waals surface area contributed by atoms with Crippen LogP contribution >= 0.6 is 34.9 Å². The van der Waals surface area contributed by atoms with E-state index >= 15 is 0 Å². The van der Waals surface area contributed by atoms with E-state index in [1.54, 1.807) is 11.3 Å². The Balaban J connectivity index is 1.51. The third-order valence-electron chi connectivity index (χ3n) is 4.51. The van der Waals surface area contributed by atoms with Crippen LogP contribution in [0.3, 0.4) is 0 Å². The lowest BCUT2D eigenvalue weighted by Gasteiger charge is -2.21. The monoisotopic (exact) mass is 411 g/mol. The van der Waals surface area contributed by atoms with Gasteiger partial charge in [-0.05, 0) is 52.6 Å². The highest BCUT2D eigenvalue weighted by Crippen LogP contribution is 2.43. The van der Waals surface area contributed by atoms with Crippen molar-refractivity contribution in [3.8, 4) is 0 Å². The van der Waals surface area contributed by atoms with Gasteiger partial charge in [0.25, 0.3) is 5.91 Å². The van der Waals surface area contributed by atoms with Gasteiger partial charge in [-0.25, -0.2) is 0 Å². The molecule has 2 heterocycles. The number of hydrogen-bond donors (Lipinski definition) is 1. The van der Waals surface area contributed by atoms with Gasteiger partial charge in [0.1, 0.15) is 0 Å². The highest BCUT2D eigenvalue weighted by atomic mass is 32.2. The Morgan fingerprint density at radius 2 is 1.67 bits per heavy atom. The molecule has 1 N–H and O–H groups in total. The third kappa shape index (κ3) is 4.60. The lowest BCUT2D eigenvalue weighted by Crippen LogP contribution is -2.28. The minimum atomic E-state index is -0.122. The number of benzene rings is 2. The molecule has 2 aromatic carbocycles. The number of rotatable bonds is 5. The molecule has 1 saturated heterocycles. The molecule has 1 amide bonds. The first kappa shape index (κ1) is 18.7. The van der Waals surface area contributed by atoms with Gasteiger partial charge in [-0.15, -0.1) is 34.9 Å². The van der Waals surface area contributed by atoms with Gasteiger partial charge in [-0.1, -0.05) is 48.5 Å². The summed E-state index contributed by atoms with van der Waals surface area (Å²) in [5.41, 5.74) is 3.11. The smallest absolute Gasteiger partial charge is 0.252 e. The summed E-state index contributed by atoms with van der Waals surface area (Å²) in [5.74, 6) is 2.41. The second kappa shape index (κ2) is 9.00. The van der Waals surface area contributed by atoms with Crippen LogP contribution in [0.15, 0.2) is 72.1 Å². The van der Waals surface area contributed by atoms with Crippen molar-refractivity contribution in [2.75, 3.05) is 11.5 Å². The molecular weight excluding hydrogens is 390 g/mol. The van der Waals surface area contributed by atoms with Gasteiger partial charge in [0.2, 0.25) is 0 Å². The molecule has 1 atom stereocenters. The molecule has 3 aromatic rings. The summed E-state index contributed by atoms with van der Waals surface area (Å²) < 4.78 is 0.499. The highest BCUT2D eigenvalue weighted by Gasteiger charge is 2.20. The Morgan fingerprint density at radius 1 is 0.926 bits per heavy atom. The molecule has 1 unspecified atom stereocenters. The molecule has 0 radical (unpaired) electrons. The number of thiophene rings is 1. The molecule has 1 aromatic heterocycles. The van der Waals surface area contributed by atoms with Gasteiger partial charge in [-0.2, -0.15) is 0 Å². The zero-order valence-corrected chi connectivity index (χ0v) is 17.3. The average molecular weight is 412 g/mol. The van der Waals surface area contributed by atoms with Crippen molar-refractivity contribution in [1.82, 2.24) is 5.32 Å². The normalized spacial score (nSPS) is 16.0. The molecule has 1 aliphatic heterocycles. The van der Waals surface area contributed by atoms with E-state index in [9.17, 15) is 4.79 Å². The maximum absolute atomic E-state index is 12.9. The van der Waals surface area contributed by atoms with Gasteiger partial charge in [-0.3, -0.25) is 4.79 Å². The lowest BCUT2D eigenvalue weighted by molar-refractivity contribution is 0.0943. The van der Waals surface area contributed by atoms with Gasteiger partial charge in [0.15, 0.2) is 0 Å². The van der Waals surface area contributed by atoms with Crippen LogP contribution in [0.2, 0.25) is 0 Å². The van der Waals surface area contributed by atoms with Crippen LogP contribution in [0.25, 0.3) is 0 Å². The average Bonchev–Trinajstić information content (AvgIpc) is 3.28. The summed E-state index contributed by atoms with van der Waals surface area (Å²) in [6.45, 7) is 0. The summed E-state index contributed by atoms with van der Waals surface area (Å²) >= 11 is 5.67. The maximum atomic E-state index is 12.9. The second-order valence-corrected chi connectivity index (χ2v) is 10.1. The maximum Gasteiger partial charge on any atom is 0.252 e. The van der Waals surface area contributed by atoms with Gasteiger partial charge in [0.05, 0.1) is 10.6 Å². The molecule has 27 heavy (non-hydrogen) atoms. The van der Waals surface area contributed by atoms with E-state index in [0.717, 1.165) is 10.4 Å². The van der Waals surface area contributed by atoms with Gasteiger partial charge in [0, 0.05) is 10.4 Å². The summed E-state index contributed by atoms with van der Waals surface area (Å²) in [4.78, 5) is 14.0. The highest BCUT2D eigenvalue weighted by molar-refractivity contribution is 8.16. The first-order valence-electron chi connectivity index (χ1n) is 9.03. The fourth-order valence-electron chi connectivity index (χ4n) is 3.11. The predicted molar refractivity (Wildman–Crippen MR) is 119 cm³/mol. The predicted octanol–water partition coefficient (Wildman–Crippen LogP) is 6.14. The van der Waals surface area contributed by atoms with Gasteiger partial charge >= 0.3 is 0 Å². The molecule has 0 aliphatic carbocycles. The standard InChI is InChI=1S/C22H21NOS3/c24-21(17-9-11-18(12-10-17)22-26-14-5-15-27-22)23-20(19-8-4-13-25-19)16-6-2-1-3-7-16/h1-4,6-13,20,22H,5,14-15H2,(H,23,24). The van der Waals surface area contributed by atoms with Crippen LogP contribution in [0, 0.1) is 0 Å². The lowest BCUT2D eigenvalue weighted by atomic mass is 10.0. The molecule has 1 aliphatic rings. The van der Waals surface area contributed by atoms with E-state index < -0.39 is 0 Å². The SMILES string of the molecule is O=C(NC(c1ccccc1)c1cccs1)c1ccc(C2SCCCS2)cc1. The first-order chi connectivity index (χ1) is 13.3. The largest absolute Gasteiger partial charge is 0.340 e. The molecule has 0 saturated carbocycles. The van der Waals surface area contributed by atoms with Crippen molar-refractivity contribution in [2.45, 2.75) is 17.0 Å². The Bertz CT molecular complexity index is 856. The zero-order chi connectivity index (χ0) is 18.5. The molecule has 5 heteroatoms. The van der Waals surface area contributed by atoms with Crippen molar-refractivity contribution in [1.29, 1.82) is 0 Å². The van der Waals surface area contributed by atoms with Crippen LogP contribution in [-0.2, 0) is 0 Å². The van der Waals surface area contributed by atoms with E-state index in [4.69, 9.17) is 0 Å². The Kier molecular flexibility index (Phi) is 6.22. The summed E-state index contributed by atoms with van der Waals surface area (Å²) in [7, 11) is 0. The summed E-state index contributed by atoms with van der Waals surface area (Å²) in [6.07, 6.45) is 1.29. The van der Waals surface area contributed by atoms with Crippen LogP contribution in [-0.4, -0.2) is 17.4 Å². The number of amides is 1. The van der Waals surface area contributed by atoms with E-state index in [1.165, 1.54) is 23.5 Å². The molecule has 1 fully saturated rings. The van der Waals surface area contributed by atoms with Crippen LogP contribution < -0.4 is 5.32 Å². The van der Waals surface area contributed by atoms with Crippen LogP contribution in [0.1, 0.15) is 43.4 Å². The molecule has 2 nitrogen and oxygen atoms in total. The van der Waals surface area contributed by atoms with Crippen molar-refractivity contribution in [3.05, 3.63) is 93.7 Å². The summed E-state index contributed by atoms with van der Waals surface area (Å²) in [6, 6.07) is 22.2. The minimum absolute atomic E-state index is 0.0345. The summed E-state index contributed by atoms with van der Waals surface area (Å²) in [5, 5.41) is 5.26. The Hall–Kier alpha value is -1.69. The van der Waals surface area contributed by atoms with Crippen molar-refractivity contribution in [2.24, 2.45) is 0 Å². The van der Waals surface area contributed by atoms with Crippen molar-refractivity contribution < 1.29 is 4.79 Å². The Labute approximate surface area is 172 Å². The minimum Gasteiger partial charge on any atom is -0.340 e. The van der Waals surface area contributed by atoms with Crippen LogP contribution in [0.5, 0.6) is 0 Å². The van der Waals surface area contributed by atoms with E-state index in [-0.39, 0.29) is 11.9 Å². The van der Waals surface area contributed by atoms with Crippen molar-refractivity contribution in [3.63, 3.8) is 0 Å². The Morgan fingerprint density at radius 3 is 2.33 bits per heavy atom. The van der Waals surface area contributed by atoms with Crippen molar-refractivity contribution >= 4 is 40.8 Å². The zero-order valence-electron chi connectivity index (χ0n) is 14.8. The fraction of sp³-hybridized carbons (Fsp3) is 0.227. The fourth-order valence-corrected chi connectivity index (χ4v) is 6.80. The van der Waals surface area contributed by atoms with E-state index in [0.29, 0.717) is 10.1 Å². The van der Waals surface area contributed by atoms with E-state index in [1.807, 2.05) is 65.3 Å². The molecule has 4 rings (SSSR count). The molecule has 0 spiro atoms. The first-order valence-corrected chi connectivity index (χ1v) is 12.0. The number of hydrogen-bond acceptors (Lipinski definition) is 4. The third-order valence-corrected chi connectivity index (χ3v) is 8.46. The van der Waals surface area contributed by atoms with E-state index in [2.05, 4.69) is 35.6 Å².